The topological polar surface area (TPSA) is 93.7 Å². The van der Waals surface area contributed by atoms with E-state index in [0.717, 1.165) is 24.0 Å². The van der Waals surface area contributed by atoms with Gasteiger partial charge in [0.1, 0.15) is 11.6 Å². The molecule has 4 atom stereocenters. The fourth-order valence-electron chi connectivity index (χ4n) is 6.84. The van der Waals surface area contributed by atoms with Crippen molar-refractivity contribution in [1.29, 1.82) is 0 Å². The van der Waals surface area contributed by atoms with Crippen LogP contribution in [0.3, 0.4) is 0 Å². The number of hydrogen-bond acceptors (Lipinski definition) is 5. The third-order valence-corrected chi connectivity index (χ3v) is 9.48. The minimum Gasteiger partial charge on any atom is -0.460 e. The maximum absolute atomic E-state index is 14.4. The van der Waals surface area contributed by atoms with Crippen molar-refractivity contribution in [2.24, 2.45) is 11.3 Å². The highest BCUT2D eigenvalue weighted by atomic mass is 16.6. The maximum Gasteiger partial charge on any atom is 0.307 e. The molecule has 0 bridgehead atoms. The van der Waals surface area contributed by atoms with E-state index in [-0.39, 0.29) is 30.8 Å². The number of carbonyl (C=O) groups excluding carboxylic acids is 3. The summed E-state index contributed by atoms with van der Waals surface area (Å²) in [7, 11) is 1.60. The second-order valence-electron chi connectivity index (χ2n) is 14.5. The van der Waals surface area contributed by atoms with Gasteiger partial charge in [-0.3, -0.25) is 14.4 Å². The molecule has 50 heavy (non-hydrogen) atoms. The summed E-state index contributed by atoms with van der Waals surface area (Å²) in [5.41, 5.74) is 4.94. The molecule has 4 aromatic carbocycles. The summed E-state index contributed by atoms with van der Waals surface area (Å²) in [6.45, 7) is 7.88. The Morgan fingerprint density at radius 2 is 1.48 bits per heavy atom. The third-order valence-electron chi connectivity index (χ3n) is 9.48. The van der Waals surface area contributed by atoms with Crippen molar-refractivity contribution >= 4 is 17.8 Å². The van der Waals surface area contributed by atoms with Crippen LogP contribution in [0.5, 0.6) is 0 Å². The summed E-state index contributed by atoms with van der Waals surface area (Å²) in [6, 6.07) is 34.9. The first-order valence-corrected chi connectivity index (χ1v) is 17.5. The highest BCUT2D eigenvalue weighted by Crippen LogP contribution is 2.58. The van der Waals surface area contributed by atoms with Crippen LogP contribution in [-0.2, 0) is 36.7 Å². The minimum absolute atomic E-state index is 0.0323. The van der Waals surface area contributed by atoms with Crippen LogP contribution in [0.4, 0.5) is 0 Å². The number of hydrogen-bond donors (Lipinski definition) is 2. The molecule has 0 saturated heterocycles. The molecule has 4 aromatic rings. The van der Waals surface area contributed by atoms with E-state index < -0.39 is 29.1 Å². The van der Waals surface area contributed by atoms with Gasteiger partial charge < -0.3 is 20.1 Å². The molecule has 5 rings (SSSR count). The van der Waals surface area contributed by atoms with Crippen LogP contribution in [0.15, 0.2) is 109 Å². The second kappa shape index (κ2) is 16.3. The quantitative estimate of drug-likeness (QED) is 0.127. The van der Waals surface area contributed by atoms with Gasteiger partial charge in [-0.1, -0.05) is 109 Å². The standard InChI is InChI=1S/C43H50N2O5/c1-30-25-32(22-24-36(30)33-17-11-7-12-18-33)21-23-35-27-43(35,28-39(46)50-42(2,3)4)41(48)45-37(26-31-15-9-6-10-16-31)40(47)44-38(29-49-5)34-19-13-8-14-20-34/h6-20,22,24-25,35,37-38H,21,23,26-29H2,1-5H3,(H,44,47)(H,45,48)/t35?,37-,38+,43?/m0/s1. The van der Waals surface area contributed by atoms with Crippen LogP contribution in [-0.4, -0.2) is 43.1 Å². The van der Waals surface area contributed by atoms with Crippen molar-refractivity contribution in [2.45, 2.75) is 77.5 Å². The molecular weight excluding hydrogens is 624 g/mol. The molecule has 1 saturated carbocycles. The molecule has 2 N–H and O–H groups in total. The molecular formula is C43H50N2O5. The second-order valence-corrected chi connectivity index (χ2v) is 14.5. The van der Waals surface area contributed by atoms with Gasteiger partial charge in [0, 0.05) is 13.5 Å². The summed E-state index contributed by atoms with van der Waals surface area (Å²) >= 11 is 0. The number of nitrogens with one attached hydrogen (secondary N) is 2. The number of ether oxygens (including phenoxy) is 2. The van der Waals surface area contributed by atoms with E-state index in [4.69, 9.17) is 9.47 Å². The van der Waals surface area contributed by atoms with Crippen LogP contribution in [0.1, 0.15) is 68.3 Å². The van der Waals surface area contributed by atoms with Gasteiger partial charge in [-0.25, -0.2) is 0 Å². The molecule has 2 unspecified atom stereocenters. The van der Waals surface area contributed by atoms with Crippen LogP contribution in [0.2, 0.25) is 0 Å². The SMILES string of the molecule is COC[C@@H](NC(=O)[C@H](Cc1ccccc1)NC(=O)C1(CC(=O)OC(C)(C)C)CC1CCc1ccc(-c2ccccc2)c(C)c1)c1ccccc1. The fourth-order valence-corrected chi connectivity index (χ4v) is 6.84. The lowest BCUT2D eigenvalue weighted by Crippen LogP contribution is -2.51. The first-order valence-electron chi connectivity index (χ1n) is 17.5. The number of amides is 2. The highest BCUT2D eigenvalue weighted by molar-refractivity contribution is 5.94. The average molecular weight is 675 g/mol. The van der Waals surface area contributed by atoms with Gasteiger partial charge in [0.2, 0.25) is 11.8 Å². The summed E-state index contributed by atoms with van der Waals surface area (Å²) in [5, 5.41) is 6.21. The van der Waals surface area contributed by atoms with E-state index in [1.165, 1.54) is 22.3 Å². The average Bonchev–Trinajstić information content (AvgIpc) is 3.80. The normalized spacial score (nSPS) is 18.1. The minimum atomic E-state index is -0.956. The number of methoxy groups -OCH3 is 1. The van der Waals surface area contributed by atoms with Gasteiger partial charge in [0.25, 0.3) is 0 Å². The Kier molecular flexibility index (Phi) is 11.9. The summed E-state index contributed by atoms with van der Waals surface area (Å²) in [5.74, 6) is -1.05. The van der Waals surface area contributed by atoms with Crippen molar-refractivity contribution in [3.05, 3.63) is 131 Å². The molecule has 2 amide bonds. The molecule has 7 heteroatoms. The van der Waals surface area contributed by atoms with Crippen LogP contribution < -0.4 is 10.6 Å². The van der Waals surface area contributed by atoms with Gasteiger partial charge in [0.15, 0.2) is 0 Å². The molecule has 0 heterocycles. The Morgan fingerprint density at radius 3 is 2.10 bits per heavy atom. The molecule has 0 spiro atoms. The monoisotopic (exact) mass is 674 g/mol. The van der Waals surface area contributed by atoms with Crippen molar-refractivity contribution in [1.82, 2.24) is 10.6 Å². The Labute approximate surface area is 296 Å². The van der Waals surface area contributed by atoms with E-state index >= 15 is 0 Å². The third kappa shape index (κ3) is 9.69. The largest absolute Gasteiger partial charge is 0.460 e. The number of benzene rings is 4. The predicted octanol–water partition coefficient (Wildman–Crippen LogP) is 7.56. The van der Waals surface area contributed by atoms with E-state index in [1.807, 2.05) is 99.6 Å². The Hall–Kier alpha value is -4.75. The molecule has 0 aromatic heterocycles. The maximum atomic E-state index is 14.4. The number of rotatable bonds is 15. The summed E-state index contributed by atoms with van der Waals surface area (Å²) < 4.78 is 11.2. The van der Waals surface area contributed by atoms with Gasteiger partial charge in [-0.05, 0) is 86.3 Å². The van der Waals surface area contributed by atoms with Crippen molar-refractivity contribution < 1.29 is 23.9 Å². The molecule has 0 aliphatic heterocycles. The predicted molar refractivity (Wildman–Crippen MR) is 197 cm³/mol. The van der Waals surface area contributed by atoms with Crippen LogP contribution in [0, 0.1) is 18.3 Å². The lowest BCUT2D eigenvalue weighted by atomic mass is 9.92. The van der Waals surface area contributed by atoms with Crippen molar-refractivity contribution in [3.63, 3.8) is 0 Å². The molecule has 7 nitrogen and oxygen atoms in total. The highest BCUT2D eigenvalue weighted by Gasteiger charge is 2.61. The molecule has 1 aliphatic rings. The number of esters is 1. The first kappa shape index (κ1) is 36.5. The number of aryl methyl sites for hydroxylation is 2. The molecule has 1 aliphatic carbocycles. The summed E-state index contributed by atoms with van der Waals surface area (Å²) in [6.07, 6.45) is 2.32. The Morgan fingerprint density at radius 1 is 0.840 bits per heavy atom. The van der Waals surface area contributed by atoms with Gasteiger partial charge in [-0.15, -0.1) is 0 Å². The zero-order valence-corrected chi connectivity index (χ0v) is 29.9. The first-order chi connectivity index (χ1) is 24.0. The Bertz CT molecular complexity index is 1740. The lowest BCUT2D eigenvalue weighted by Gasteiger charge is -2.26. The summed E-state index contributed by atoms with van der Waals surface area (Å²) in [4.78, 5) is 41.6. The molecule has 1 fully saturated rings. The lowest BCUT2D eigenvalue weighted by molar-refractivity contribution is -0.158. The van der Waals surface area contributed by atoms with Crippen molar-refractivity contribution in [3.8, 4) is 11.1 Å². The van der Waals surface area contributed by atoms with Crippen molar-refractivity contribution in [2.75, 3.05) is 13.7 Å². The van der Waals surface area contributed by atoms with Crippen LogP contribution in [0.25, 0.3) is 11.1 Å². The Balaban J connectivity index is 1.35. The van der Waals surface area contributed by atoms with E-state index in [2.05, 4.69) is 47.9 Å². The molecule has 0 radical (unpaired) electrons. The van der Waals surface area contributed by atoms with Gasteiger partial charge >= 0.3 is 5.97 Å². The van der Waals surface area contributed by atoms with Gasteiger partial charge in [-0.2, -0.15) is 0 Å². The molecule has 262 valence electrons. The van der Waals surface area contributed by atoms with E-state index in [9.17, 15) is 14.4 Å². The van der Waals surface area contributed by atoms with E-state index in [1.54, 1.807) is 7.11 Å². The zero-order valence-electron chi connectivity index (χ0n) is 29.9. The number of carbonyl (C=O) groups is 3. The van der Waals surface area contributed by atoms with Crippen LogP contribution >= 0.6 is 0 Å². The smallest absolute Gasteiger partial charge is 0.307 e. The zero-order chi connectivity index (χ0) is 35.7. The van der Waals surface area contributed by atoms with E-state index in [0.29, 0.717) is 12.8 Å². The van der Waals surface area contributed by atoms with Gasteiger partial charge in [0.05, 0.1) is 24.5 Å². The fraction of sp³-hybridized carbons (Fsp3) is 0.372.